The number of benzene rings is 1. The highest BCUT2D eigenvalue weighted by Crippen LogP contribution is 2.22. The normalized spacial score (nSPS) is 14.3. The monoisotopic (exact) mass is 439 g/mol. The lowest BCUT2D eigenvalue weighted by molar-refractivity contribution is -0.127. The van der Waals surface area contributed by atoms with Crippen LogP contribution in [0, 0.1) is 6.92 Å². The van der Waals surface area contributed by atoms with Crippen LogP contribution < -0.4 is 0 Å². The fourth-order valence-corrected chi connectivity index (χ4v) is 4.63. The number of carbonyl (C=O) groups is 1. The van der Waals surface area contributed by atoms with E-state index >= 15 is 0 Å². The van der Waals surface area contributed by atoms with Gasteiger partial charge in [-0.1, -0.05) is 42.1 Å². The molecule has 0 N–H and O–H groups in total. The molecule has 4 rings (SSSR count). The Morgan fingerprint density at radius 2 is 1.87 bits per heavy atom. The summed E-state index contributed by atoms with van der Waals surface area (Å²) in [5, 5.41) is 9.70. The van der Waals surface area contributed by atoms with Crippen molar-refractivity contribution in [3.8, 4) is 0 Å². The summed E-state index contributed by atoms with van der Waals surface area (Å²) < 4.78 is 7.74. The molecule has 0 bridgehead atoms. The molecule has 2 aromatic heterocycles. The molecule has 0 atom stereocenters. The van der Waals surface area contributed by atoms with Crippen molar-refractivity contribution in [2.45, 2.75) is 44.6 Å². The maximum Gasteiger partial charge on any atom is 0.233 e. The number of thioether (sulfide) groups is 1. The number of rotatable bonds is 9. The van der Waals surface area contributed by atoms with Gasteiger partial charge in [0.15, 0.2) is 5.16 Å². The number of hydrogen-bond acceptors (Lipinski definition) is 6. The van der Waals surface area contributed by atoms with Gasteiger partial charge in [-0.3, -0.25) is 9.69 Å². The zero-order valence-electron chi connectivity index (χ0n) is 18.2. The zero-order valence-corrected chi connectivity index (χ0v) is 19.0. The fourth-order valence-electron chi connectivity index (χ4n) is 3.74. The van der Waals surface area contributed by atoms with Crippen molar-refractivity contribution in [1.82, 2.24) is 24.6 Å². The molecule has 0 saturated carbocycles. The van der Waals surface area contributed by atoms with E-state index in [1.54, 1.807) is 11.9 Å². The number of carbonyl (C=O) groups excluding carboxylic acids is 1. The van der Waals surface area contributed by atoms with E-state index in [0.29, 0.717) is 18.8 Å². The number of furan rings is 1. The van der Waals surface area contributed by atoms with Gasteiger partial charge < -0.3 is 13.9 Å². The van der Waals surface area contributed by atoms with Crippen molar-refractivity contribution in [3.63, 3.8) is 0 Å². The largest absolute Gasteiger partial charge is 0.464 e. The van der Waals surface area contributed by atoms with Crippen LogP contribution in [0.1, 0.15) is 35.7 Å². The Bertz CT molecular complexity index is 995. The third-order valence-electron chi connectivity index (χ3n) is 5.48. The van der Waals surface area contributed by atoms with Gasteiger partial charge in [0.2, 0.25) is 5.91 Å². The van der Waals surface area contributed by atoms with Crippen molar-refractivity contribution in [1.29, 1.82) is 0 Å². The average Bonchev–Trinajstić information content (AvgIpc) is 3.51. The van der Waals surface area contributed by atoms with E-state index in [9.17, 15) is 4.79 Å². The number of likely N-dealkylation sites (tertiary alicyclic amines) is 1. The van der Waals surface area contributed by atoms with E-state index in [2.05, 4.69) is 31.8 Å². The summed E-state index contributed by atoms with van der Waals surface area (Å²) in [6.07, 6.45) is 2.48. The second-order valence-corrected chi connectivity index (χ2v) is 8.95. The van der Waals surface area contributed by atoms with Crippen LogP contribution in [0.2, 0.25) is 0 Å². The maximum atomic E-state index is 12.7. The Labute approximate surface area is 187 Å². The van der Waals surface area contributed by atoms with Crippen molar-refractivity contribution < 1.29 is 9.21 Å². The number of hydrogen-bond donors (Lipinski definition) is 0. The fraction of sp³-hybridized carbons (Fsp3) is 0.435. The maximum absolute atomic E-state index is 12.7. The summed E-state index contributed by atoms with van der Waals surface area (Å²) >= 11 is 1.45. The molecule has 0 unspecified atom stereocenters. The predicted octanol–water partition coefficient (Wildman–Crippen LogP) is 3.57. The molecule has 8 heteroatoms. The van der Waals surface area contributed by atoms with Crippen LogP contribution in [0.3, 0.4) is 0 Å². The van der Waals surface area contributed by atoms with Gasteiger partial charge in [-0.15, -0.1) is 10.2 Å². The average molecular weight is 440 g/mol. The molecule has 0 radical (unpaired) electrons. The molecule has 164 valence electrons. The molecule has 7 nitrogen and oxygen atoms in total. The van der Waals surface area contributed by atoms with Crippen LogP contribution in [-0.4, -0.2) is 56.4 Å². The van der Waals surface area contributed by atoms with Crippen LogP contribution >= 0.6 is 11.8 Å². The third kappa shape index (κ3) is 5.77. The van der Waals surface area contributed by atoms with Crippen LogP contribution in [0.25, 0.3) is 0 Å². The molecule has 1 aliphatic heterocycles. The molecule has 1 fully saturated rings. The molecule has 0 spiro atoms. The third-order valence-corrected chi connectivity index (χ3v) is 6.43. The van der Waals surface area contributed by atoms with Gasteiger partial charge in [-0.05, 0) is 50.6 Å². The predicted molar refractivity (Wildman–Crippen MR) is 121 cm³/mol. The van der Waals surface area contributed by atoms with Crippen molar-refractivity contribution in [3.05, 3.63) is 65.4 Å². The highest BCUT2D eigenvalue weighted by molar-refractivity contribution is 7.99. The van der Waals surface area contributed by atoms with Crippen LogP contribution in [-0.2, 0) is 24.4 Å². The molecule has 1 aliphatic rings. The van der Waals surface area contributed by atoms with Crippen LogP contribution in [0.4, 0.5) is 0 Å². The van der Waals surface area contributed by atoms with Gasteiger partial charge in [0.05, 0.1) is 25.4 Å². The summed E-state index contributed by atoms with van der Waals surface area (Å²) in [6, 6.07) is 14.1. The summed E-state index contributed by atoms with van der Waals surface area (Å²) in [7, 11) is 1.80. The summed E-state index contributed by atoms with van der Waals surface area (Å²) in [6.45, 7) is 6.08. The number of aryl methyl sites for hydroxylation is 1. The molecule has 0 aliphatic carbocycles. The second-order valence-electron chi connectivity index (χ2n) is 8.00. The van der Waals surface area contributed by atoms with E-state index < -0.39 is 0 Å². The number of aromatic nitrogens is 3. The van der Waals surface area contributed by atoms with E-state index in [4.69, 9.17) is 4.42 Å². The first-order valence-corrected chi connectivity index (χ1v) is 11.7. The molecule has 1 amide bonds. The Balaban J connectivity index is 1.43. The highest BCUT2D eigenvalue weighted by Gasteiger charge is 2.20. The SMILES string of the molecule is Cc1ccc(CN(C)C(=O)CSc2nnc(CN3CCCC3)n2Cc2ccccc2)o1. The minimum Gasteiger partial charge on any atom is -0.464 e. The molecule has 3 aromatic rings. The number of amides is 1. The van der Waals surface area contributed by atoms with Gasteiger partial charge in [0, 0.05) is 7.05 Å². The lowest BCUT2D eigenvalue weighted by atomic mass is 10.2. The summed E-state index contributed by atoms with van der Waals surface area (Å²) in [5.74, 6) is 2.95. The van der Waals surface area contributed by atoms with E-state index in [1.807, 2.05) is 37.3 Å². The number of nitrogens with zero attached hydrogens (tertiary/aromatic N) is 5. The molecule has 3 heterocycles. The Hall–Kier alpha value is -2.58. The minimum absolute atomic E-state index is 0.0365. The highest BCUT2D eigenvalue weighted by atomic mass is 32.2. The first-order chi connectivity index (χ1) is 15.1. The minimum atomic E-state index is 0.0365. The van der Waals surface area contributed by atoms with Gasteiger partial charge >= 0.3 is 0 Å². The molecule has 1 aromatic carbocycles. The van der Waals surface area contributed by atoms with Crippen molar-refractivity contribution >= 4 is 17.7 Å². The molecular formula is C23H29N5O2S. The lowest BCUT2D eigenvalue weighted by Crippen LogP contribution is -2.27. The van der Waals surface area contributed by atoms with Crippen molar-refractivity contribution in [2.75, 3.05) is 25.9 Å². The first-order valence-electron chi connectivity index (χ1n) is 10.7. The van der Waals surface area contributed by atoms with E-state index in [0.717, 1.165) is 42.1 Å². The van der Waals surface area contributed by atoms with E-state index in [-0.39, 0.29) is 5.91 Å². The Morgan fingerprint density at radius 1 is 1.10 bits per heavy atom. The van der Waals surface area contributed by atoms with Gasteiger partial charge in [0.1, 0.15) is 17.3 Å². The van der Waals surface area contributed by atoms with Crippen molar-refractivity contribution in [2.24, 2.45) is 0 Å². The van der Waals surface area contributed by atoms with Gasteiger partial charge in [-0.2, -0.15) is 0 Å². The summed E-state index contributed by atoms with van der Waals surface area (Å²) in [4.78, 5) is 16.8. The van der Waals surface area contributed by atoms with E-state index in [1.165, 1.54) is 30.2 Å². The second kappa shape index (κ2) is 10.2. The quantitative estimate of drug-likeness (QED) is 0.475. The van der Waals surface area contributed by atoms with Crippen LogP contribution in [0.5, 0.6) is 0 Å². The standard InChI is InChI=1S/C23H29N5O2S/c1-18-10-11-20(30-18)15-26(2)22(29)17-31-23-25-24-21(16-27-12-6-7-13-27)28(23)14-19-8-4-3-5-9-19/h3-5,8-11H,6-7,12-17H2,1-2H3. The Kier molecular flexibility index (Phi) is 7.09. The Morgan fingerprint density at radius 3 is 2.58 bits per heavy atom. The first kappa shape index (κ1) is 21.6. The molecule has 31 heavy (non-hydrogen) atoms. The molecular weight excluding hydrogens is 410 g/mol. The van der Waals surface area contributed by atoms with Gasteiger partial charge in [0.25, 0.3) is 0 Å². The topological polar surface area (TPSA) is 67.4 Å². The van der Waals surface area contributed by atoms with Crippen LogP contribution in [0.15, 0.2) is 52.0 Å². The summed E-state index contributed by atoms with van der Waals surface area (Å²) in [5.41, 5.74) is 1.20. The zero-order chi connectivity index (χ0) is 21.6. The smallest absolute Gasteiger partial charge is 0.233 e. The lowest BCUT2D eigenvalue weighted by Gasteiger charge is -2.17. The van der Waals surface area contributed by atoms with Gasteiger partial charge in [-0.25, -0.2) is 0 Å². The molecule has 1 saturated heterocycles.